The molecule has 1 aliphatic rings. The Balaban J connectivity index is 2.04. The van der Waals surface area contributed by atoms with E-state index in [9.17, 15) is 9.90 Å². The van der Waals surface area contributed by atoms with Crippen LogP contribution >= 0.6 is 0 Å². The Hall–Kier alpha value is -1.55. The van der Waals surface area contributed by atoms with Crippen molar-refractivity contribution in [2.75, 3.05) is 13.7 Å². The fourth-order valence-electron chi connectivity index (χ4n) is 2.33. The molecule has 98 valence electrons. The fourth-order valence-corrected chi connectivity index (χ4v) is 2.33. The summed E-state index contributed by atoms with van der Waals surface area (Å²) in [5.74, 6) is 0.298. The van der Waals surface area contributed by atoms with Crippen molar-refractivity contribution in [2.45, 2.75) is 25.4 Å². The topological polar surface area (TPSA) is 55.8 Å². The van der Waals surface area contributed by atoms with Crippen LogP contribution in [-0.4, -0.2) is 24.8 Å². The molecular weight excluding hydrogens is 232 g/mol. The van der Waals surface area contributed by atoms with Crippen molar-refractivity contribution in [2.24, 2.45) is 5.92 Å². The lowest BCUT2D eigenvalue weighted by molar-refractivity contribution is -0.165. The molecule has 0 unspecified atom stereocenters. The number of methoxy groups -OCH3 is 1. The number of ether oxygens (including phenoxy) is 2. The summed E-state index contributed by atoms with van der Waals surface area (Å²) in [5.41, 5.74) is -0.131. The van der Waals surface area contributed by atoms with E-state index < -0.39 is 5.60 Å². The monoisotopic (exact) mass is 250 g/mol. The van der Waals surface area contributed by atoms with Crippen LogP contribution in [0, 0.1) is 5.92 Å². The molecule has 0 heterocycles. The average Bonchev–Trinajstić information content (AvgIpc) is 2.35. The van der Waals surface area contributed by atoms with E-state index in [1.54, 1.807) is 20.1 Å². The van der Waals surface area contributed by atoms with E-state index in [0.717, 1.165) is 5.56 Å². The molecule has 1 aliphatic carbocycles. The van der Waals surface area contributed by atoms with Gasteiger partial charge in [0.25, 0.3) is 0 Å². The molecule has 0 radical (unpaired) electrons. The lowest BCUT2D eigenvalue weighted by atomic mass is 9.67. The zero-order valence-corrected chi connectivity index (χ0v) is 10.7. The SMILES string of the molecule is CCOC(=O)C1CC(O)(c2cccc(OC)c2)C1. The fraction of sp³-hybridized carbons (Fsp3) is 0.500. The van der Waals surface area contributed by atoms with Crippen molar-refractivity contribution in [3.63, 3.8) is 0 Å². The van der Waals surface area contributed by atoms with Gasteiger partial charge >= 0.3 is 5.97 Å². The van der Waals surface area contributed by atoms with Crippen LogP contribution in [-0.2, 0) is 15.1 Å². The highest BCUT2D eigenvalue weighted by Crippen LogP contribution is 2.46. The zero-order chi connectivity index (χ0) is 13.2. The van der Waals surface area contributed by atoms with Crippen molar-refractivity contribution in [1.82, 2.24) is 0 Å². The van der Waals surface area contributed by atoms with E-state index in [2.05, 4.69) is 0 Å². The molecule has 1 fully saturated rings. The molecule has 1 aromatic rings. The Kier molecular flexibility index (Phi) is 3.57. The van der Waals surface area contributed by atoms with Gasteiger partial charge < -0.3 is 14.6 Å². The van der Waals surface area contributed by atoms with E-state index in [4.69, 9.17) is 9.47 Å². The average molecular weight is 250 g/mol. The number of carbonyl (C=O) groups excluding carboxylic acids is 1. The second kappa shape index (κ2) is 4.98. The molecule has 1 saturated carbocycles. The van der Waals surface area contributed by atoms with Gasteiger partial charge in [-0.1, -0.05) is 12.1 Å². The third-order valence-electron chi connectivity index (χ3n) is 3.40. The first-order valence-electron chi connectivity index (χ1n) is 6.12. The molecule has 4 heteroatoms. The van der Waals surface area contributed by atoms with Gasteiger partial charge in [-0.2, -0.15) is 0 Å². The Bertz CT molecular complexity index is 435. The van der Waals surface area contributed by atoms with Crippen molar-refractivity contribution < 1.29 is 19.4 Å². The highest BCUT2D eigenvalue weighted by molar-refractivity contribution is 5.74. The van der Waals surface area contributed by atoms with E-state index in [-0.39, 0.29) is 11.9 Å². The van der Waals surface area contributed by atoms with Crippen LogP contribution in [0.15, 0.2) is 24.3 Å². The lowest BCUT2D eigenvalue weighted by Crippen LogP contribution is -2.45. The Morgan fingerprint density at radius 2 is 2.22 bits per heavy atom. The van der Waals surface area contributed by atoms with Crippen molar-refractivity contribution in [1.29, 1.82) is 0 Å². The molecule has 0 aromatic heterocycles. The molecule has 0 bridgehead atoms. The number of esters is 1. The van der Waals surface area contributed by atoms with Crippen LogP contribution in [0.5, 0.6) is 5.75 Å². The van der Waals surface area contributed by atoms with Gasteiger partial charge in [-0.05, 0) is 37.5 Å². The number of aliphatic hydroxyl groups is 1. The van der Waals surface area contributed by atoms with Gasteiger partial charge in [0.1, 0.15) is 5.75 Å². The molecule has 0 atom stereocenters. The number of rotatable bonds is 4. The molecule has 18 heavy (non-hydrogen) atoms. The lowest BCUT2D eigenvalue weighted by Gasteiger charge is -2.42. The van der Waals surface area contributed by atoms with Gasteiger partial charge in [-0.15, -0.1) is 0 Å². The molecule has 0 saturated heterocycles. The highest BCUT2D eigenvalue weighted by atomic mass is 16.5. The minimum Gasteiger partial charge on any atom is -0.497 e. The quantitative estimate of drug-likeness (QED) is 0.829. The molecular formula is C14H18O4. The van der Waals surface area contributed by atoms with E-state index in [1.807, 2.05) is 18.2 Å². The number of hydrogen-bond acceptors (Lipinski definition) is 4. The van der Waals surface area contributed by atoms with Gasteiger partial charge in [0.2, 0.25) is 0 Å². The summed E-state index contributed by atoms with van der Waals surface area (Å²) in [6, 6.07) is 7.32. The van der Waals surface area contributed by atoms with Crippen LogP contribution in [0.25, 0.3) is 0 Å². The first kappa shape index (κ1) is 12.9. The van der Waals surface area contributed by atoms with Crippen LogP contribution in [0.1, 0.15) is 25.3 Å². The van der Waals surface area contributed by atoms with Gasteiger partial charge in [-0.3, -0.25) is 4.79 Å². The second-order valence-corrected chi connectivity index (χ2v) is 4.62. The minimum absolute atomic E-state index is 0.193. The summed E-state index contributed by atoms with van der Waals surface area (Å²) in [6.07, 6.45) is 0.831. The maximum Gasteiger partial charge on any atom is 0.309 e. The van der Waals surface area contributed by atoms with E-state index in [1.165, 1.54) is 0 Å². The number of carbonyl (C=O) groups is 1. The predicted octanol–water partition coefficient (Wildman–Crippen LogP) is 1.86. The normalized spacial score (nSPS) is 26.3. The zero-order valence-electron chi connectivity index (χ0n) is 10.7. The molecule has 0 amide bonds. The summed E-state index contributed by atoms with van der Waals surface area (Å²) in [5, 5.41) is 10.4. The molecule has 2 rings (SSSR count). The maximum absolute atomic E-state index is 11.5. The molecule has 1 N–H and O–H groups in total. The number of benzene rings is 1. The van der Waals surface area contributed by atoms with Crippen LogP contribution in [0.4, 0.5) is 0 Å². The molecule has 1 aromatic carbocycles. The van der Waals surface area contributed by atoms with Crippen LogP contribution in [0.2, 0.25) is 0 Å². The third-order valence-corrected chi connectivity index (χ3v) is 3.40. The van der Waals surface area contributed by atoms with Crippen LogP contribution < -0.4 is 4.74 Å². The molecule has 4 nitrogen and oxygen atoms in total. The molecule has 0 aliphatic heterocycles. The Labute approximate surface area is 107 Å². The highest BCUT2D eigenvalue weighted by Gasteiger charge is 2.48. The maximum atomic E-state index is 11.5. The van der Waals surface area contributed by atoms with Gasteiger partial charge in [-0.25, -0.2) is 0 Å². The van der Waals surface area contributed by atoms with Crippen molar-refractivity contribution >= 4 is 5.97 Å². The van der Waals surface area contributed by atoms with Crippen molar-refractivity contribution in [3.8, 4) is 5.75 Å². The van der Waals surface area contributed by atoms with Crippen LogP contribution in [0.3, 0.4) is 0 Å². The van der Waals surface area contributed by atoms with Gasteiger partial charge in [0, 0.05) is 0 Å². The molecule has 0 spiro atoms. The van der Waals surface area contributed by atoms with E-state index in [0.29, 0.717) is 25.2 Å². The Morgan fingerprint density at radius 3 is 2.83 bits per heavy atom. The Morgan fingerprint density at radius 1 is 1.50 bits per heavy atom. The van der Waals surface area contributed by atoms with Gasteiger partial charge in [0.15, 0.2) is 0 Å². The summed E-state index contributed by atoms with van der Waals surface area (Å²) in [7, 11) is 1.59. The smallest absolute Gasteiger partial charge is 0.309 e. The summed E-state index contributed by atoms with van der Waals surface area (Å²) < 4.78 is 10.1. The first-order valence-corrected chi connectivity index (χ1v) is 6.12. The van der Waals surface area contributed by atoms with Gasteiger partial charge in [0.05, 0.1) is 25.2 Å². The minimum atomic E-state index is -0.925. The first-order chi connectivity index (χ1) is 8.59. The summed E-state index contributed by atoms with van der Waals surface area (Å²) >= 11 is 0. The summed E-state index contributed by atoms with van der Waals surface area (Å²) in [4.78, 5) is 11.5. The number of hydrogen-bond donors (Lipinski definition) is 1. The van der Waals surface area contributed by atoms with Crippen molar-refractivity contribution in [3.05, 3.63) is 29.8 Å². The second-order valence-electron chi connectivity index (χ2n) is 4.62. The predicted molar refractivity (Wildman–Crippen MR) is 66.2 cm³/mol. The summed E-state index contributed by atoms with van der Waals surface area (Å²) in [6.45, 7) is 2.16. The standard InChI is InChI=1S/C14H18O4/c1-3-18-13(15)10-8-14(16,9-10)11-5-4-6-12(7-11)17-2/h4-7,10,16H,3,8-9H2,1-2H3. The third kappa shape index (κ3) is 2.34. The van der Waals surface area contributed by atoms with E-state index >= 15 is 0 Å². The largest absolute Gasteiger partial charge is 0.497 e.